The third-order valence-corrected chi connectivity index (χ3v) is 3.12. The van der Waals surface area contributed by atoms with Gasteiger partial charge in [0, 0.05) is 23.0 Å². The van der Waals surface area contributed by atoms with E-state index >= 15 is 0 Å². The smallest absolute Gasteiger partial charge is 0.355 e. The summed E-state index contributed by atoms with van der Waals surface area (Å²) in [4.78, 5) is 4.10. The topological polar surface area (TPSA) is 24.9 Å². The molecule has 0 spiro atoms. The van der Waals surface area contributed by atoms with Gasteiger partial charge >= 0.3 is 6.18 Å². The van der Waals surface area contributed by atoms with Crippen LogP contribution in [0.25, 0.3) is 10.9 Å². The molecule has 1 aromatic heterocycles. The van der Waals surface area contributed by atoms with Crippen molar-refractivity contribution in [1.82, 2.24) is 4.98 Å². The maximum absolute atomic E-state index is 12.8. The van der Waals surface area contributed by atoms with Crippen molar-refractivity contribution in [3.05, 3.63) is 66.4 Å². The number of halogens is 3. The molecule has 1 heterocycles. The second-order valence-corrected chi connectivity index (χ2v) is 4.58. The van der Waals surface area contributed by atoms with Gasteiger partial charge in [0.25, 0.3) is 0 Å². The largest absolute Gasteiger partial charge is 0.416 e. The Hall–Kier alpha value is -2.56. The molecule has 0 aliphatic heterocycles. The van der Waals surface area contributed by atoms with E-state index in [0.29, 0.717) is 16.6 Å². The monoisotopic (exact) mass is 288 g/mol. The van der Waals surface area contributed by atoms with E-state index in [4.69, 9.17) is 0 Å². The standard InChI is InChI=1S/C16H11F3N2/c17-16(18,19)11-6-7-14-13(10-11)15(8-9-20-14)21-12-4-2-1-3-5-12/h1-10H,(H,20,21). The van der Waals surface area contributed by atoms with Gasteiger partial charge < -0.3 is 5.32 Å². The number of aromatic nitrogens is 1. The van der Waals surface area contributed by atoms with Crippen LogP contribution >= 0.6 is 0 Å². The second kappa shape index (κ2) is 5.09. The lowest BCUT2D eigenvalue weighted by Gasteiger charge is -2.12. The maximum Gasteiger partial charge on any atom is 0.416 e. The fourth-order valence-electron chi connectivity index (χ4n) is 2.11. The Balaban J connectivity index is 2.10. The van der Waals surface area contributed by atoms with Gasteiger partial charge in [0.05, 0.1) is 11.1 Å². The Labute approximate surface area is 119 Å². The van der Waals surface area contributed by atoms with Crippen LogP contribution in [0.15, 0.2) is 60.8 Å². The van der Waals surface area contributed by atoms with E-state index in [1.54, 1.807) is 12.3 Å². The normalized spacial score (nSPS) is 11.6. The summed E-state index contributed by atoms with van der Waals surface area (Å²) in [6, 6.07) is 14.5. The van der Waals surface area contributed by atoms with Crippen molar-refractivity contribution in [2.24, 2.45) is 0 Å². The number of fused-ring (bicyclic) bond motifs is 1. The van der Waals surface area contributed by atoms with Gasteiger partial charge in [-0.3, -0.25) is 4.98 Å². The third-order valence-electron chi connectivity index (χ3n) is 3.12. The summed E-state index contributed by atoms with van der Waals surface area (Å²) in [5.41, 5.74) is 1.24. The molecule has 106 valence electrons. The Kier molecular flexibility index (Phi) is 3.25. The summed E-state index contributed by atoms with van der Waals surface area (Å²) in [5, 5.41) is 3.56. The van der Waals surface area contributed by atoms with Crippen LogP contribution in [0.1, 0.15) is 5.56 Å². The predicted molar refractivity (Wildman–Crippen MR) is 76.5 cm³/mol. The molecule has 21 heavy (non-hydrogen) atoms. The van der Waals surface area contributed by atoms with Gasteiger partial charge in [-0.2, -0.15) is 13.2 Å². The second-order valence-electron chi connectivity index (χ2n) is 4.58. The third kappa shape index (κ3) is 2.81. The van der Waals surface area contributed by atoms with Gasteiger partial charge in [-0.05, 0) is 36.4 Å². The first kappa shape index (κ1) is 13.4. The summed E-state index contributed by atoms with van der Waals surface area (Å²) in [6.07, 6.45) is -2.80. The minimum Gasteiger partial charge on any atom is -0.355 e. The molecule has 0 saturated heterocycles. The highest BCUT2D eigenvalue weighted by Crippen LogP contribution is 2.33. The Morgan fingerprint density at radius 3 is 2.38 bits per heavy atom. The zero-order chi connectivity index (χ0) is 14.9. The molecule has 0 amide bonds. The number of para-hydroxylation sites is 1. The van der Waals surface area contributed by atoms with Crippen LogP contribution in [0.5, 0.6) is 0 Å². The van der Waals surface area contributed by atoms with Crippen molar-refractivity contribution in [2.45, 2.75) is 6.18 Å². The fourth-order valence-corrected chi connectivity index (χ4v) is 2.11. The number of pyridine rings is 1. The van der Waals surface area contributed by atoms with Crippen molar-refractivity contribution in [2.75, 3.05) is 5.32 Å². The molecular weight excluding hydrogens is 277 g/mol. The van der Waals surface area contributed by atoms with Gasteiger partial charge in [-0.1, -0.05) is 18.2 Å². The number of alkyl halides is 3. The number of hydrogen-bond donors (Lipinski definition) is 1. The van der Waals surface area contributed by atoms with Crippen molar-refractivity contribution >= 4 is 22.3 Å². The van der Waals surface area contributed by atoms with E-state index in [-0.39, 0.29) is 0 Å². The van der Waals surface area contributed by atoms with Crippen molar-refractivity contribution in [3.8, 4) is 0 Å². The molecule has 0 saturated carbocycles. The van der Waals surface area contributed by atoms with Gasteiger partial charge in [0.2, 0.25) is 0 Å². The highest BCUT2D eigenvalue weighted by Gasteiger charge is 2.30. The molecule has 0 radical (unpaired) electrons. The van der Waals surface area contributed by atoms with E-state index in [2.05, 4.69) is 10.3 Å². The number of nitrogens with zero attached hydrogens (tertiary/aromatic N) is 1. The lowest BCUT2D eigenvalue weighted by Crippen LogP contribution is -2.04. The van der Waals surface area contributed by atoms with E-state index in [9.17, 15) is 13.2 Å². The van der Waals surface area contributed by atoms with Gasteiger partial charge in [-0.15, -0.1) is 0 Å². The summed E-state index contributed by atoms with van der Waals surface area (Å²) >= 11 is 0. The molecule has 2 nitrogen and oxygen atoms in total. The van der Waals surface area contributed by atoms with Crippen molar-refractivity contribution in [3.63, 3.8) is 0 Å². The molecule has 2 aromatic carbocycles. The summed E-state index contributed by atoms with van der Waals surface area (Å²) in [5.74, 6) is 0. The molecule has 0 fully saturated rings. The van der Waals surface area contributed by atoms with Crippen LogP contribution in [-0.2, 0) is 6.18 Å². The number of nitrogens with one attached hydrogen (secondary N) is 1. The number of anilines is 2. The van der Waals surface area contributed by atoms with Gasteiger partial charge in [0.15, 0.2) is 0 Å². The highest BCUT2D eigenvalue weighted by molar-refractivity contribution is 5.93. The highest BCUT2D eigenvalue weighted by atomic mass is 19.4. The van der Waals surface area contributed by atoms with E-state index in [1.165, 1.54) is 6.07 Å². The van der Waals surface area contributed by atoms with Gasteiger partial charge in [0.1, 0.15) is 0 Å². The first-order valence-electron chi connectivity index (χ1n) is 6.32. The molecule has 0 atom stereocenters. The quantitative estimate of drug-likeness (QED) is 0.718. The van der Waals surface area contributed by atoms with Gasteiger partial charge in [-0.25, -0.2) is 0 Å². The summed E-state index contributed by atoms with van der Waals surface area (Å²) in [7, 11) is 0. The Morgan fingerprint density at radius 2 is 1.67 bits per heavy atom. The van der Waals surface area contributed by atoms with Crippen LogP contribution in [0.4, 0.5) is 24.5 Å². The Bertz CT molecular complexity index is 767. The van der Waals surface area contributed by atoms with E-state index < -0.39 is 11.7 Å². The molecular formula is C16H11F3N2. The first-order chi connectivity index (χ1) is 10.0. The van der Waals surface area contributed by atoms with Crippen LogP contribution in [-0.4, -0.2) is 4.98 Å². The van der Waals surface area contributed by atoms with Crippen LogP contribution < -0.4 is 5.32 Å². The Morgan fingerprint density at radius 1 is 0.905 bits per heavy atom. The number of benzene rings is 2. The zero-order valence-corrected chi connectivity index (χ0v) is 10.9. The molecule has 0 aliphatic carbocycles. The average Bonchev–Trinajstić information content (AvgIpc) is 2.47. The average molecular weight is 288 g/mol. The predicted octanol–water partition coefficient (Wildman–Crippen LogP) is 5.00. The molecule has 3 rings (SSSR count). The molecule has 0 aliphatic rings. The van der Waals surface area contributed by atoms with Crippen molar-refractivity contribution in [1.29, 1.82) is 0 Å². The molecule has 0 unspecified atom stereocenters. The summed E-state index contributed by atoms with van der Waals surface area (Å²) in [6.45, 7) is 0. The molecule has 0 bridgehead atoms. The molecule has 5 heteroatoms. The lowest BCUT2D eigenvalue weighted by molar-refractivity contribution is -0.137. The van der Waals surface area contributed by atoms with Crippen LogP contribution in [0.3, 0.4) is 0 Å². The zero-order valence-electron chi connectivity index (χ0n) is 10.9. The number of rotatable bonds is 2. The lowest BCUT2D eigenvalue weighted by atomic mass is 10.1. The molecule has 3 aromatic rings. The van der Waals surface area contributed by atoms with E-state index in [1.807, 2.05) is 30.3 Å². The number of hydrogen-bond acceptors (Lipinski definition) is 2. The minimum atomic E-state index is -4.37. The molecule has 1 N–H and O–H groups in total. The minimum absolute atomic E-state index is 0.441. The summed E-state index contributed by atoms with van der Waals surface area (Å²) < 4.78 is 38.5. The SMILES string of the molecule is FC(F)(F)c1ccc2nccc(Nc3ccccc3)c2c1. The van der Waals surface area contributed by atoms with Crippen LogP contribution in [0, 0.1) is 0 Å². The first-order valence-corrected chi connectivity index (χ1v) is 6.32. The van der Waals surface area contributed by atoms with Crippen molar-refractivity contribution < 1.29 is 13.2 Å². The van der Waals surface area contributed by atoms with Crippen LogP contribution in [0.2, 0.25) is 0 Å². The maximum atomic E-state index is 12.8. The van der Waals surface area contributed by atoms with E-state index in [0.717, 1.165) is 17.8 Å². The fraction of sp³-hybridized carbons (Fsp3) is 0.0625.